The molecule has 0 aromatic heterocycles. The summed E-state index contributed by atoms with van der Waals surface area (Å²) in [5.74, 6) is 1.30. The maximum Gasteiger partial charge on any atom is 4.00 e. The molecule has 0 rings (SSSR count). The van der Waals surface area contributed by atoms with Gasteiger partial charge in [0.25, 0.3) is 0 Å². The molecule has 0 atom stereocenters. The molecule has 0 aromatic carbocycles. The zero-order valence-corrected chi connectivity index (χ0v) is 13.9. The zero-order valence-electron chi connectivity index (χ0n) is 8.41. The summed E-state index contributed by atoms with van der Waals surface area (Å²) in [6, 6.07) is 0. The van der Waals surface area contributed by atoms with Gasteiger partial charge in [-0.1, -0.05) is 23.0 Å². The number of rotatable bonds is 10. The summed E-state index contributed by atoms with van der Waals surface area (Å²) in [6.45, 7) is 0. The Balaban J connectivity index is -0.000000218. The van der Waals surface area contributed by atoms with Crippen LogP contribution in [0, 0.1) is 0 Å². The van der Waals surface area contributed by atoms with Gasteiger partial charge in [0.1, 0.15) is 0 Å². The average molecular weight is 491 g/mol. The molecule has 0 aliphatic heterocycles. The Labute approximate surface area is 131 Å². The summed E-state index contributed by atoms with van der Waals surface area (Å²) in [4.78, 5) is 38.0. The summed E-state index contributed by atoms with van der Waals surface area (Å²) in [5.41, 5.74) is 0. The van der Waals surface area contributed by atoms with Crippen molar-refractivity contribution in [3.05, 3.63) is 0 Å². The molecule has 0 radical (unpaired) electrons. The fourth-order valence-corrected chi connectivity index (χ4v) is 2.37. The van der Waals surface area contributed by atoms with Crippen molar-refractivity contribution in [3.63, 3.8) is 0 Å². The fourth-order valence-electron chi connectivity index (χ4n) is 0.263. The minimum absolute atomic E-state index is 0. The van der Waals surface area contributed by atoms with E-state index in [0.29, 0.717) is 23.0 Å². The molecule has 9 heteroatoms. The van der Waals surface area contributed by atoms with Crippen LogP contribution in [0.25, 0.3) is 0 Å². The quantitative estimate of drug-likeness (QED) is 0.256. The third kappa shape index (κ3) is 31.5. The summed E-state index contributed by atoms with van der Waals surface area (Å²) in [7, 11) is 5.23. The molecule has 0 bridgehead atoms. The topological polar surface area (TPSA) is 68.3 Å². The van der Waals surface area contributed by atoms with Crippen molar-refractivity contribution in [2.75, 3.05) is 23.0 Å². The first-order chi connectivity index (χ1) is 7.83. The van der Waals surface area contributed by atoms with Crippen molar-refractivity contribution in [2.24, 2.45) is 0 Å². The first-order valence-corrected chi connectivity index (χ1v) is 8.69. The van der Waals surface area contributed by atoms with Gasteiger partial charge in [0.2, 0.25) is 0 Å². The summed E-state index contributed by atoms with van der Waals surface area (Å²) >= 11 is 0. The van der Waals surface area contributed by atoms with Crippen molar-refractivity contribution >= 4 is 68.3 Å². The molecule has 0 aliphatic rings. The van der Waals surface area contributed by atoms with Gasteiger partial charge in [-0.05, 0) is 0 Å². The Morgan fingerprint density at radius 1 is 0.529 bits per heavy atom. The third-order valence-corrected chi connectivity index (χ3v) is 4.33. The van der Waals surface area contributed by atoms with Crippen molar-refractivity contribution in [2.45, 2.75) is 0 Å². The standard InChI is InChI=1S/2C4H4O2S2.Pt/c2*5-1-3-7-8-4-2-6;/h2*3-4H2;/q2*-2;+4. The molecule has 0 heterocycles. The van der Waals surface area contributed by atoms with E-state index in [-0.39, 0.29) is 21.1 Å². The Morgan fingerprint density at radius 3 is 0.824 bits per heavy atom. The predicted molar refractivity (Wildman–Crippen MR) is 72.6 cm³/mol. The van der Waals surface area contributed by atoms with Crippen LogP contribution in [-0.2, 0) is 40.2 Å². The number of hydrogen-bond acceptors (Lipinski definition) is 8. The largest absolute Gasteiger partial charge is 4.00 e. The van der Waals surface area contributed by atoms with E-state index in [1.165, 1.54) is 43.2 Å². The van der Waals surface area contributed by atoms with Crippen LogP contribution in [0.2, 0.25) is 0 Å². The van der Waals surface area contributed by atoms with E-state index >= 15 is 0 Å². The van der Waals surface area contributed by atoms with Crippen LogP contribution in [-0.4, -0.2) is 48.2 Å². The van der Waals surface area contributed by atoms with Gasteiger partial charge in [-0.3, -0.25) is 25.1 Å². The molecule has 98 valence electrons. The van der Waals surface area contributed by atoms with Crippen molar-refractivity contribution < 1.29 is 40.2 Å². The minimum Gasteiger partial charge on any atom is -0.541 e. The van der Waals surface area contributed by atoms with Gasteiger partial charge in [0.05, 0.1) is 0 Å². The SMILES string of the molecule is O=[C-]CSSC[C-]=O.O=[C-]CSSC[C-]=O.[Pt+4]. The number of hydrogen-bond donors (Lipinski definition) is 0. The van der Waals surface area contributed by atoms with E-state index in [9.17, 15) is 19.2 Å². The van der Waals surface area contributed by atoms with Gasteiger partial charge in [0, 0.05) is 0 Å². The van der Waals surface area contributed by atoms with E-state index in [1.807, 2.05) is 0 Å². The Morgan fingerprint density at radius 2 is 0.706 bits per heavy atom. The molecular weight excluding hydrogens is 483 g/mol. The van der Waals surface area contributed by atoms with Crippen LogP contribution in [0.15, 0.2) is 0 Å². The van der Waals surface area contributed by atoms with Crippen molar-refractivity contribution in [3.8, 4) is 0 Å². The monoisotopic (exact) mass is 491 g/mol. The maximum atomic E-state index is 9.51. The van der Waals surface area contributed by atoms with Gasteiger partial charge in [0.15, 0.2) is 0 Å². The van der Waals surface area contributed by atoms with Gasteiger partial charge >= 0.3 is 21.1 Å². The van der Waals surface area contributed by atoms with E-state index in [4.69, 9.17) is 0 Å². The fraction of sp³-hybridized carbons (Fsp3) is 0.500. The van der Waals surface area contributed by atoms with E-state index in [1.54, 1.807) is 25.1 Å². The van der Waals surface area contributed by atoms with E-state index in [0.717, 1.165) is 0 Å². The second kappa shape index (κ2) is 25.6. The molecule has 0 saturated carbocycles. The van der Waals surface area contributed by atoms with Gasteiger partial charge in [-0.2, -0.15) is 0 Å². The normalized spacial score (nSPS) is 8.00. The summed E-state index contributed by atoms with van der Waals surface area (Å²) in [5, 5.41) is 0. The Bertz CT molecular complexity index is 154. The summed E-state index contributed by atoms with van der Waals surface area (Å²) < 4.78 is 0. The molecule has 0 spiro atoms. The molecule has 0 fully saturated rings. The maximum absolute atomic E-state index is 9.51. The first-order valence-electron chi connectivity index (χ1n) is 3.72. The van der Waals surface area contributed by atoms with Crippen LogP contribution >= 0.6 is 43.2 Å². The molecular formula is C8H8O4PtS4. The second-order valence-electron chi connectivity index (χ2n) is 1.63. The molecule has 0 unspecified atom stereocenters. The van der Waals surface area contributed by atoms with Crippen LogP contribution in [0.3, 0.4) is 0 Å². The van der Waals surface area contributed by atoms with Crippen LogP contribution in [0.1, 0.15) is 0 Å². The van der Waals surface area contributed by atoms with Crippen molar-refractivity contribution in [1.29, 1.82) is 0 Å². The number of carbonyl (C=O) groups excluding carboxylic acids is 4. The molecule has 0 aliphatic carbocycles. The smallest absolute Gasteiger partial charge is 0.541 e. The molecule has 0 aromatic rings. The molecule has 0 saturated heterocycles. The van der Waals surface area contributed by atoms with Gasteiger partial charge < -0.3 is 19.2 Å². The van der Waals surface area contributed by atoms with Crippen molar-refractivity contribution in [1.82, 2.24) is 0 Å². The van der Waals surface area contributed by atoms with Crippen LogP contribution in [0.4, 0.5) is 0 Å². The Hall–Kier alpha value is 0.768. The third-order valence-electron chi connectivity index (χ3n) is 0.638. The zero-order chi connectivity index (χ0) is 12.5. The average Bonchev–Trinajstić information content (AvgIpc) is 2.31. The molecule has 17 heavy (non-hydrogen) atoms. The van der Waals surface area contributed by atoms with Gasteiger partial charge in [-0.15, -0.1) is 43.2 Å². The van der Waals surface area contributed by atoms with Crippen LogP contribution in [0.5, 0.6) is 0 Å². The van der Waals surface area contributed by atoms with E-state index in [2.05, 4.69) is 0 Å². The summed E-state index contributed by atoms with van der Waals surface area (Å²) in [6.07, 6.45) is 6.76. The van der Waals surface area contributed by atoms with E-state index < -0.39 is 0 Å². The van der Waals surface area contributed by atoms with Gasteiger partial charge in [-0.25, -0.2) is 0 Å². The van der Waals surface area contributed by atoms with Crippen LogP contribution < -0.4 is 0 Å². The molecule has 0 amide bonds. The molecule has 0 N–H and O–H groups in total. The Kier molecular flexibility index (Phi) is 34.5. The second-order valence-corrected chi connectivity index (χ2v) is 6.55. The predicted octanol–water partition coefficient (Wildman–Crippen LogP) is 1.17. The molecule has 4 nitrogen and oxygen atoms in total. The first kappa shape index (κ1) is 22.9. The minimum atomic E-state index is 0.